The zero-order valence-corrected chi connectivity index (χ0v) is 17.4. The Kier molecular flexibility index (Phi) is 4.99. The van der Waals surface area contributed by atoms with Gasteiger partial charge in [0.15, 0.2) is 17.3 Å². The third kappa shape index (κ3) is 3.65. The zero-order chi connectivity index (χ0) is 22.1. The lowest BCUT2D eigenvalue weighted by Gasteiger charge is -2.23. The summed E-state index contributed by atoms with van der Waals surface area (Å²) in [5.74, 6) is 0.994. The van der Waals surface area contributed by atoms with E-state index in [2.05, 4.69) is 10.4 Å². The van der Waals surface area contributed by atoms with Crippen LogP contribution in [-0.2, 0) is 0 Å². The maximum absolute atomic E-state index is 13.2. The Hall–Kier alpha value is -4.26. The van der Waals surface area contributed by atoms with Gasteiger partial charge in [-0.3, -0.25) is 0 Å². The number of hydrazone groups is 1. The minimum Gasteiger partial charge on any atom is -0.504 e. The highest BCUT2D eigenvalue weighted by Gasteiger charge is 2.35. The van der Waals surface area contributed by atoms with Crippen molar-refractivity contribution in [1.29, 1.82) is 0 Å². The Labute approximate surface area is 184 Å². The van der Waals surface area contributed by atoms with Crippen molar-refractivity contribution in [2.75, 3.05) is 12.4 Å². The summed E-state index contributed by atoms with van der Waals surface area (Å²) in [7, 11) is 1.49. The molecule has 0 aliphatic carbocycles. The predicted molar refractivity (Wildman–Crippen MR) is 122 cm³/mol. The Morgan fingerprint density at radius 2 is 1.88 bits per heavy atom. The van der Waals surface area contributed by atoms with Crippen LogP contribution in [0.5, 0.6) is 11.5 Å². The molecular weight excluding hydrogens is 406 g/mol. The van der Waals surface area contributed by atoms with E-state index in [1.54, 1.807) is 18.2 Å². The van der Waals surface area contributed by atoms with Crippen molar-refractivity contribution >= 4 is 28.4 Å². The molecule has 0 bridgehead atoms. The second-order valence-corrected chi connectivity index (χ2v) is 7.49. The van der Waals surface area contributed by atoms with Gasteiger partial charge in [0.05, 0.1) is 13.2 Å². The molecule has 7 nitrogen and oxygen atoms in total. The first-order valence-electron chi connectivity index (χ1n) is 10.2. The number of amides is 2. The molecule has 0 fully saturated rings. The molecule has 0 spiro atoms. The Morgan fingerprint density at radius 3 is 2.66 bits per heavy atom. The van der Waals surface area contributed by atoms with Gasteiger partial charge in [0, 0.05) is 17.5 Å². The number of methoxy groups -OCH3 is 1. The third-order valence-electron chi connectivity index (χ3n) is 5.44. The van der Waals surface area contributed by atoms with Gasteiger partial charge in [-0.05, 0) is 42.0 Å². The molecule has 1 aliphatic rings. The lowest BCUT2D eigenvalue weighted by molar-refractivity contribution is 0.200. The number of fused-ring (bicyclic) bond motifs is 1. The monoisotopic (exact) mass is 427 g/mol. The van der Waals surface area contributed by atoms with Gasteiger partial charge in [0.1, 0.15) is 11.3 Å². The lowest BCUT2D eigenvalue weighted by Crippen LogP contribution is -2.31. The first-order chi connectivity index (χ1) is 15.6. The van der Waals surface area contributed by atoms with Gasteiger partial charge in [-0.2, -0.15) is 5.10 Å². The van der Waals surface area contributed by atoms with Crippen LogP contribution in [0.4, 0.5) is 10.5 Å². The summed E-state index contributed by atoms with van der Waals surface area (Å²) in [6, 6.07) is 23.2. The standard InChI is InChI=1S/C25H21N3O4/c1-31-24-13-16(11-12-21(24)29)20-15-19(23-14-17-7-5-6-10-22(17)32-23)27-28(20)25(30)26-18-8-3-2-4-9-18/h2-14,20,29H,15H2,1H3,(H,26,30). The quantitative estimate of drug-likeness (QED) is 0.448. The van der Waals surface area contributed by atoms with E-state index in [-0.39, 0.29) is 11.8 Å². The van der Waals surface area contributed by atoms with Crippen LogP contribution in [-0.4, -0.2) is 29.0 Å². The molecule has 1 atom stereocenters. The molecule has 32 heavy (non-hydrogen) atoms. The van der Waals surface area contributed by atoms with Crippen LogP contribution in [0, 0.1) is 0 Å². The number of benzene rings is 3. The van der Waals surface area contributed by atoms with E-state index in [1.165, 1.54) is 12.1 Å². The van der Waals surface area contributed by atoms with Crippen LogP contribution < -0.4 is 10.1 Å². The number of furan rings is 1. The number of rotatable bonds is 4. The number of urea groups is 1. The van der Waals surface area contributed by atoms with Crippen LogP contribution in [0.2, 0.25) is 0 Å². The van der Waals surface area contributed by atoms with Crippen molar-refractivity contribution in [2.45, 2.75) is 12.5 Å². The molecule has 1 unspecified atom stereocenters. The summed E-state index contributed by atoms with van der Waals surface area (Å²) in [5.41, 5.74) is 2.89. The molecule has 160 valence electrons. The Bertz CT molecular complexity index is 1280. The topological polar surface area (TPSA) is 87.3 Å². The predicted octanol–water partition coefficient (Wildman–Crippen LogP) is 5.53. The van der Waals surface area contributed by atoms with E-state index in [9.17, 15) is 9.90 Å². The van der Waals surface area contributed by atoms with Crippen LogP contribution in [0.15, 0.2) is 88.4 Å². The number of carbonyl (C=O) groups excluding carboxylic acids is 1. The first kappa shape index (κ1) is 19.7. The van der Waals surface area contributed by atoms with Crippen LogP contribution >= 0.6 is 0 Å². The highest BCUT2D eigenvalue weighted by molar-refractivity contribution is 6.04. The van der Waals surface area contributed by atoms with Gasteiger partial charge in [0.25, 0.3) is 0 Å². The zero-order valence-electron chi connectivity index (χ0n) is 17.4. The number of nitrogens with zero attached hydrogens (tertiary/aromatic N) is 2. The summed E-state index contributed by atoms with van der Waals surface area (Å²) < 4.78 is 11.3. The molecule has 2 heterocycles. The minimum atomic E-state index is -0.392. The van der Waals surface area contributed by atoms with Crippen LogP contribution in [0.1, 0.15) is 23.8 Å². The molecule has 3 aromatic carbocycles. The smallest absolute Gasteiger partial charge is 0.342 e. The Balaban J connectivity index is 1.52. The molecule has 2 N–H and O–H groups in total. The van der Waals surface area contributed by atoms with Crippen molar-refractivity contribution in [3.05, 3.63) is 90.2 Å². The van der Waals surface area contributed by atoms with Crippen molar-refractivity contribution in [3.63, 3.8) is 0 Å². The summed E-state index contributed by atoms with van der Waals surface area (Å²) in [6.07, 6.45) is 0.454. The molecule has 7 heteroatoms. The van der Waals surface area contributed by atoms with Crippen molar-refractivity contribution in [1.82, 2.24) is 5.01 Å². The van der Waals surface area contributed by atoms with Crippen molar-refractivity contribution in [2.24, 2.45) is 5.10 Å². The number of ether oxygens (including phenoxy) is 1. The maximum atomic E-state index is 13.2. The molecule has 1 aliphatic heterocycles. The molecular formula is C25H21N3O4. The molecule has 0 saturated heterocycles. The summed E-state index contributed by atoms with van der Waals surface area (Å²) in [4.78, 5) is 13.2. The molecule has 1 aromatic heterocycles. The second kappa shape index (κ2) is 8.11. The molecule has 0 saturated carbocycles. The summed E-state index contributed by atoms with van der Waals surface area (Å²) in [5, 5.41) is 19.9. The largest absolute Gasteiger partial charge is 0.504 e. The minimum absolute atomic E-state index is 0.0351. The normalized spacial score (nSPS) is 15.6. The average Bonchev–Trinajstić information content (AvgIpc) is 3.45. The van der Waals surface area contributed by atoms with E-state index >= 15 is 0 Å². The molecule has 5 rings (SSSR count). The van der Waals surface area contributed by atoms with Gasteiger partial charge < -0.3 is 19.6 Å². The van der Waals surface area contributed by atoms with Crippen molar-refractivity contribution in [3.8, 4) is 11.5 Å². The number of phenolic OH excluding ortho intramolecular Hbond substituents is 1. The molecule has 0 radical (unpaired) electrons. The van der Waals surface area contributed by atoms with Gasteiger partial charge in [-0.1, -0.05) is 42.5 Å². The number of hydrogen-bond donors (Lipinski definition) is 2. The van der Waals surface area contributed by atoms with E-state index in [0.717, 1.165) is 16.5 Å². The molecule has 2 amide bonds. The van der Waals surface area contributed by atoms with E-state index in [0.29, 0.717) is 29.3 Å². The van der Waals surface area contributed by atoms with Crippen LogP contribution in [0.25, 0.3) is 11.0 Å². The average molecular weight is 427 g/mol. The highest BCUT2D eigenvalue weighted by atomic mass is 16.5. The summed E-state index contributed by atoms with van der Waals surface area (Å²) >= 11 is 0. The highest BCUT2D eigenvalue weighted by Crippen LogP contribution is 2.38. The third-order valence-corrected chi connectivity index (χ3v) is 5.44. The number of phenols is 1. The van der Waals surface area contributed by atoms with E-state index < -0.39 is 6.04 Å². The second-order valence-electron chi connectivity index (χ2n) is 7.49. The SMILES string of the molecule is COc1cc(C2CC(c3cc4ccccc4o3)=NN2C(=O)Nc2ccccc2)ccc1O. The van der Waals surface area contributed by atoms with E-state index in [1.807, 2.05) is 60.7 Å². The fraction of sp³-hybridized carbons (Fsp3) is 0.120. The van der Waals surface area contributed by atoms with E-state index in [4.69, 9.17) is 9.15 Å². The maximum Gasteiger partial charge on any atom is 0.342 e. The van der Waals surface area contributed by atoms with Crippen LogP contribution in [0.3, 0.4) is 0 Å². The Morgan fingerprint density at radius 1 is 1.09 bits per heavy atom. The van der Waals surface area contributed by atoms with Gasteiger partial charge >= 0.3 is 6.03 Å². The lowest BCUT2D eigenvalue weighted by atomic mass is 10.0. The fourth-order valence-electron chi connectivity index (χ4n) is 3.83. The fourth-order valence-corrected chi connectivity index (χ4v) is 3.83. The summed E-state index contributed by atoms with van der Waals surface area (Å²) in [6.45, 7) is 0. The van der Waals surface area contributed by atoms with Gasteiger partial charge in [-0.25, -0.2) is 9.80 Å². The first-order valence-corrected chi connectivity index (χ1v) is 10.2. The molecule has 4 aromatic rings. The number of nitrogens with one attached hydrogen (secondary N) is 1. The number of anilines is 1. The number of para-hydroxylation sites is 2. The number of hydrogen-bond acceptors (Lipinski definition) is 5. The number of aromatic hydroxyl groups is 1. The van der Waals surface area contributed by atoms with Crippen molar-refractivity contribution < 1.29 is 19.1 Å². The van der Waals surface area contributed by atoms with Gasteiger partial charge in [-0.15, -0.1) is 0 Å². The van der Waals surface area contributed by atoms with Gasteiger partial charge in [0.2, 0.25) is 0 Å². The number of carbonyl (C=O) groups is 1.